The maximum Gasteiger partial charge on any atom is 0.294 e. The highest BCUT2D eigenvalue weighted by Crippen LogP contribution is 2.35. The van der Waals surface area contributed by atoms with E-state index < -0.39 is 0 Å². The fourth-order valence-corrected chi connectivity index (χ4v) is 3.53. The van der Waals surface area contributed by atoms with Crippen molar-refractivity contribution in [2.75, 3.05) is 31.7 Å². The van der Waals surface area contributed by atoms with Crippen LogP contribution in [0.2, 0.25) is 0 Å². The number of para-hydroxylation sites is 2. The fourth-order valence-electron chi connectivity index (χ4n) is 3.53. The van der Waals surface area contributed by atoms with Gasteiger partial charge in [0.2, 0.25) is 5.91 Å². The fraction of sp³-hybridized carbons (Fsp3) is 0.304. The van der Waals surface area contributed by atoms with E-state index in [-0.39, 0.29) is 30.2 Å². The van der Waals surface area contributed by atoms with Crippen LogP contribution in [0.25, 0.3) is 6.08 Å². The van der Waals surface area contributed by atoms with Gasteiger partial charge in [0.05, 0.1) is 18.9 Å². The first kappa shape index (κ1) is 20.0. The number of carbonyl (C=O) groups is 2. The van der Waals surface area contributed by atoms with Crippen molar-refractivity contribution in [2.45, 2.75) is 18.9 Å². The second-order valence-corrected chi connectivity index (χ2v) is 7.19. The molecule has 2 heterocycles. The van der Waals surface area contributed by atoms with Crippen molar-refractivity contribution >= 4 is 23.6 Å². The molecule has 7 heteroatoms. The third-order valence-corrected chi connectivity index (χ3v) is 5.08. The molecule has 0 aliphatic carbocycles. The Bertz CT molecular complexity index is 966. The van der Waals surface area contributed by atoms with Crippen LogP contribution in [-0.4, -0.2) is 44.7 Å². The lowest BCUT2D eigenvalue weighted by atomic mass is 10.1. The predicted molar refractivity (Wildman–Crippen MR) is 112 cm³/mol. The van der Waals surface area contributed by atoms with Gasteiger partial charge in [-0.1, -0.05) is 24.3 Å². The summed E-state index contributed by atoms with van der Waals surface area (Å²) < 4.78 is 16.6. The van der Waals surface area contributed by atoms with Gasteiger partial charge < -0.3 is 19.5 Å². The van der Waals surface area contributed by atoms with E-state index in [9.17, 15) is 9.59 Å². The van der Waals surface area contributed by atoms with Crippen LogP contribution in [0.3, 0.4) is 0 Å². The molecule has 2 aliphatic rings. The SMILES string of the molecule is COc1cccc(/C=C2/Oc3ccccc3N(CC(=O)NC[C@H]3CCCO3)C2=O)c1. The van der Waals surface area contributed by atoms with Crippen LogP contribution in [0, 0.1) is 0 Å². The summed E-state index contributed by atoms with van der Waals surface area (Å²) >= 11 is 0. The molecule has 0 saturated carbocycles. The molecule has 0 spiro atoms. The van der Waals surface area contributed by atoms with E-state index in [0.717, 1.165) is 25.0 Å². The lowest BCUT2D eigenvalue weighted by Gasteiger charge is -2.30. The number of nitrogens with one attached hydrogen (secondary N) is 1. The number of hydrogen-bond donors (Lipinski definition) is 1. The van der Waals surface area contributed by atoms with Crippen molar-refractivity contribution in [2.24, 2.45) is 0 Å². The first-order valence-electron chi connectivity index (χ1n) is 9.97. The molecule has 2 amide bonds. The zero-order valence-corrected chi connectivity index (χ0v) is 16.8. The van der Waals surface area contributed by atoms with Gasteiger partial charge in [-0.3, -0.25) is 14.5 Å². The molecule has 1 atom stereocenters. The third-order valence-electron chi connectivity index (χ3n) is 5.08. The number of rotatable bonds is 6. The number of ether oxygens (including phenoxy) is 3. The second-order valence-electron chi connectivity index (χ2n) is 7.19. The number of hydrogen-bond acceptors (Lipinski definition) is 5. The number of anilines is 1. The van der Waals surface area contributed by atoms with Crippen molar-refractivity contribution in [3.63, 3.8) is 0 Å². The monoisotopic (exact) mass is 408 g/mol. The molecule has 1 fully saturated rings. The molecule has 1 saturated heterocycles. The van der Waals surface area contributed by atoms with Gasteiger partial charge in [0.25, 0.3) is 5.91 Å². The summed E-state index contributed by atoms with van der Waals surface area (Å²) in [7, 11) is 1.59. The molecule has 4 rings (SSSR count). The van der Waals surface area contributed by atoms with E-state index >= 15 is 0 Å². The third kappa shape index (κ3) is 4.46. The van der Waals surface area contributed by atoms with Crippen molar-refractivity contribution < 1.29 is 23.8 Å². The zero-order valence-electron chi connectivity index (χ0n) is 16.8. The van der Waals surface area contributed by atoms with Crippen LogP contribution >= 0.6 is 0 Å². The Balaban J connectivity index is 1.54. The number of amides is 2. The summed E-state index contributed by atoms with van der Waals surface area (Å²) in [5, 5.41) is 2.87. The lowest BCUT2D eigenvalue weighted by molar-refractivity contribution is -0.123. The van der Waals surface area contributed by atoms with Gasteiger partial charge in [-0.2, -0.15) is 0 Å². The van der Waals surface area contributed by atoms with E-state index in [1.54, 1.807) is 25.3 Å². The second kappa shape index (κ2) is 9.00. The van der Waals surface area contributed by atoms with E-state index in [1.807, 2.05) is 36.4 Å². The molecule has 2 aromatic carbocycles. The zero-order chi connectivity index (χ0) is 20.9. The molecule has 0 bridgehead atoms. The Morgan fingerprint density at radius 3 is 2.93 bits per heavy atom. The van der Waals surface area contributed by atoms with Crippen molar-refractivity contribution in [1.82, 2.24) is 5.32 Å². The molecule has 2 aliphatic heterocycles. The molecule has 30 heavy (non-hydrogen) atoms. The highest BCUT2D eigenvalue weighted by Gasteiger charge is 2.31. The highest BCUT2D eigenvalue weighted by atomic mass is 16.5. The number of benzene rings is 2. The van der Waals surface area contributed by atoms with Gasteiger partial charge in [0, 0.05) is 13.2 Å². The largest absolute Gasteiger partial charge is 0.497 e. The Labute approximate surface area is 175 Å². The van der Waals surface area contributed by atoms with Crippen molar-refractivity contribution in [3.05, 3.63) is 59.9 Å². The van der Waals surface area contributed by atoms with Crippen LogP contribution in [0.5, 0.6) is 11.5 Å². The van der Waals surface area contributed by atoms with Crippen LogP contribution in [0.4, 0.5) is 5.69 Å². The van der Waals surface area contributed by atoms with Gasteiger partial charge in [0.15, 0.2) is 11.5 Å². The number of nitrogens with zero attached hydrogens (tertiary/aromatic N) is 1. The van der Waals surface area contributed by atoms with Gasteiger partial charge >= 0.3 is 0 Å². The quantitative estimate of drug-likeness (QED) is 0.744. The van der Waals surface area contributed by atoms with Gasteiger partial charge in [0.1, 0.15) is 12.3 Å². The van der Waals surface area contributed by atoms with Gasteiger partial charge in [-0.05, 0) is 48.7 Å². The Morgan fingerprint density at radius 2 is 2.13 bits per heavy atom. The number of methoxy groups -OCH3 is 1. The summed E-state index contributed by atoms with van der Waals surface area (Å²) in [6, 6.07) is 14.5. The molecular weight excluding hydrogens is 384 g/mol. The Kier molecular flexibility index (Phi) is 5.99. The molecule has 0 unspecified atom stereocenters. The van der Waals surface area contributed by atoms with E-state index in [2.05, 4.69) is 5.32 Å². The molecule has 7 nitrogen and oxygen atoms in total. The van der Waals surface area contributed by atoms with E-state index in [4.69, 9.17) is 14.2 Å². The van der Waals surface area contributed by atoms with Crippen LogP contribution in [0.15, 0.2) is 54.3 Å². The Morgan fingerprint density at radius 1 is 1.27 bits per heavy atom. The van der Waals surface area contributed by atoms with Gasteiger partial charge in [-0.25, -0.2) is 0 Å². The van der Waals surface area contributed by atoms with Crippen molar-refractivity contribution in [3.8, 4) is 11.5 Å². The van der Waals surface area contributed by atoms with Crippen LogP contribution in [-0.2, 0) is 14.3 Å². The lowest BCUT2D eigenvalue weighted by Crippen LogP contribution is -2.45. The maximum atomic E-state index is 13.1. The molecular formula is C23H24N2O5. The summed E-state index contributed by atoms with van der Waals surface area (Å²) in [5.41, 5.74) is 1.33. The molecule has 1 N–H and O–H groups in total. The molecule has 2 aromatic rings. The Hall–Kier alpha value is -3.32. The average Bonchev–Trinajstić information content (AvgIpc) is 3.29. The normalized spacial score (nSPS) is 19.4. The number of carbonyl (C=O) groups excluding carboxylic acids is 2. The first-order chi connectivity index (χ1) is 14.6. The van der Waals surface area contributed by atoms with Gasteiger partial charge in [-0.15, -0.1) is 0 Å². The summed E-state index contributed by atoms with van der Waals surface area (Å²) in [6.45, 7) is 1.08. The standard InChI is InChI=1S/C23H24N2O5/c1-28-17-7-4-6-16(12-17)13-21-23(27)25(19-9-2-3-10-20(19)30-21)15-22(26)24-14-18-8-5-11-29-18/h2-4,6-7,9-10,12-13,18H,5,8,11,14-15H2,1H3,(H,24,26)/b21-13+/t18-/m1/s1. The summed E-state index contributed by atoms with van der Waals surface area (Å²) in [4.78, 5) is 27.1. The van der Waals surface area contributed by atoms with E-state index in [1.165, 1.54) is 4.90 Å². The smallest absolute Gasteiger partial charge is 0.294 e. The number of fused-ring (bicyclic) bond motifs is 1. The van der Waals surface area contributed by atoms with Crippen molar-refractivity contribution in [1.29, 1.82) is 0 Å². The predicted octanol–water partition coefficient (Wildman–Crippen LogP) is 2.76. The van der Waals surface area contributed by atoms with Crippen LogP contribution in [0.1, 0.15) is 18.4 Å². The van der Waals surface area contributed by atoms with E-state index in [0.29, 0.717) is 23.7 Å². The minimum absolute atomic E-state index is 0.0464. The maximum absolute atomic E-state index is 13.1. The minimum Gasteiger partial charge on any atom is -0.497 e. The summed E-state index contributed by atoms with van der Waals surface area (Å²) in [6.07, 6.45) is 3.64. The molecule has 0 radical (unpaired) electrons. The first-order valence-corrected chi connectivity index (χ1v) is 9.97. The minimum atomic E-state index is -0.371. The molecule has 0 aromatic heterocycles. The highest BCUT2D eigenvalue weighted by molar-refractivity contribution is 6.12. The summed E-state index contributed by atoms with van der Waals surface area (Å²) in [5.74, 6) is 0.741. The molecule has 156 valence electrons. The topological polar surface area (TPSA) is 77.1 Å². The average molecular weight is 408 g/mol. The van der Waals surface area contributed by atoms with Crippen LogP contribution < -0.4 is 19.7 Å².